The lowest BCUT2D eigenvalue weighted by molar-refractivity contribution is -0.124. The molecular formula is C30H34Cl2FN3O3S. The van der Waals surface area contributed by atoms with Gasteiger partial charge in [0.15, 0.2) is 5.12 Å². The molecule has 0 bridgehead atoms. The summed E-state index contributed by atoms with van der Waals surface area (Å²) >= 11 is 16.5. The maximum absolute atomic E-state index is 15.9. The van der Waals surface area contributed by atoms with E-state index in [1.807, 2.05) is 0 Å². The van der Waals surface area contributed by atoms with Crippen LogP contribution in [0, 0.1) is 17.2 Å². The van der Waals surface area contributed by atoms with Gasteiger partial charge in [0.05, 0.1) is 11.1 Å². The van der Waals surface area contributed by atoms with Crippen molar-refractivity contribution >= 4 is 58.4 Å². The molecule has 4 atom stereocenters. The first kappa shape index (κ1) is 29.4. The van der Waals surface area contributed by atoms with Crippen LogP contribution in [-0.2, 0) is 19.8 Å². The lowest BCUT2D eigenvalue weighted by Gasteiger charge is -2.38. The van der Waals surface area contributed by atoms with E-state index in [0.29, 0.717) is 48.4 Å². The van der Waals surface area contributed by atoms with E-state index >= 15 is 4.39 Å². The third-order valence-electron chi connectivity index (χ3n) is 8.64. The number of amides is 2. The van der Waals surface area contributed by atoms with Gasteiger partial charge in [-0.15, -0.1) is 12.6 Å². The van der Waals surface area contributed by atoms with Gasteiger partial charge in [-0.1, -0.05) is 62.2 Å². The average Bonchev–Trinajstić information content (AvgIpc) is 3.35. The molecule has 2 amide bonds. The Hall–Kier alpha value is -2.13. The molecule has 0 radical (unpaired) electrons. The fraction of sp³-hybridized carbons (Fsp3) is 0.500. The molecule has 214 valence electrons. The molecule has 1 spiro atoms. The van der Waals surface area contributed by atoms with E-state index in [1.165, 1.54) is 6.07 Å². The van der Waals surface area contributed by atoms with Crippen LogP contribution in [0.5, 0.6) is 0 Å². The van der Waals surface area contributed by atoms with Crippen LogP contribution in [-0.4, -0.2) is 35.1 Å². The van der Waals surface area contributed by atoms with Gasteiger partial charge in [0.2, 0.25) is 11.8 Å². The van der Waals surface area contributed by atoms with Crippen molar-refractivity contribution in [3.63, 3.8) is 0 Å². The maximum Gasteiger partial charge on any atom is 0.238 e. The summed E-state index contributed by atoms with van der Waals surface area (Å²) in [5.41, 5.74) is -0.0752. The molecule has 3 N–H and O–H groups in total. The SMILES string of the molecule is CC(C)(C)C[C@@H]1N[C@@H](C(=O)NC2CCC(C(=O)S)CC2)[C@H](c2cccc(Cl)c2F)[C@]12C(=O)Nc1cc(Cl)ccc12. The highest BCUT2D eigenvalue weighted by molar-refractivity contribution is 7.96. The smallest absolute Gasteiger partial charge is 0.238 e. The Morgan fingerprint density at radius 3 is 2.48 bits per heavy atom. The Morgan fingerprint density at radius 1 is 1.12 bits per heavy atom. The molecule has 1 saturated heterocycles. The van der Waals surface area contributed by atoms with Crippen LogP contribution in [0.4, 0.5) is 10.1 Å². The predicted molar refractivity (Wildman–Crippen MR) is 159 cm³/mol. The van der Waals surface area contributed by atoms with E-state index in [1.54, 1.807) is 30.3 Å². The number of nitrogens with one attached hydrogen (secondary N) is 3. The lowest BCUT2D eigenvalue weighted by Crippen LogP contribution is -2.50. The van der Waals surface area contributed by atoms with Crippen molar-refractivity contribution in [1.29, 1.82) is 0 Å². The molecule has 2 aliphatic heterocycles. The zero-order chi connectivity index (χ0) is 29.0. The number of benzene rings is 2. The number of rotatable bonds is 5. The van der Waals surface area contributed by atoms with Gasteiger partial charge in [-0.3, -0.25) is 14.4 Å². The van der Waals surface area contributed by atoms with Gasteiger partial charge in [0.1, 0.15) is 11.2 Å². The third kappa shape index (κ3) is 5.17. The lowest BCUT2D eigenvalue weighted by atomic mass is 9.62. The number of hydrogen-bond donors (Lipinski definition) is 4. The minimum atomic E-state index is -1.29. The topological polar surface area (TPSA) is 87.3 Å². The highest BCUT2D eigenvalue weighted by atomic mass is 35.5. The van der Waals surface area contributed by atoms with Crippen molar-refractivity contribution < 1.29 is 18.8 Å². The number of halogens is 3. The van der Waals surface area contributed by atoms with Crippen LogP contribution >= 0.6 is 35.8 Å². The molecule has 40 heavy (non-hydrogen) atoms. The predicted octanol–water partition coefficient (Wildman–Crippen LogP) is 6.01. The summed E-state index contributed by atoms with van der Waals surface area (Å²) in [5, 5.41) is 9.89. The van der Waals surface area contributed by atoms with E-state index in [2.05, 4.69) is 49.4 Å². The molecular weight excluding hydrogens is 572 g/mol. The normalized spacial score (nSPS) is 29.8. The van der Waals surface area contributed by atoms with E-state index in [-0.39, 0.29) is 44.9 Å². The first-order valence-electron chi connectivity index (χ1n) is 13.7. The van der Waals surface area contributed by atoms with Crippen molar-refractivity contribution in [2.75, 3.05) is 5.32 Å². The Kier molecular flexibility index (Phi) is 8.03. The first-order chi connectivity index (χ1) is 18.8. The van der Waals surface area contributed by atoms with Gasteiger partial charge in [-0.2, -0.15) is 0 Å². The Labute approximate surface area is 249 Å². The van der Waals surface area contributed by atoms with Crippen LogP contribution in [0.1, 0.15) is 69.9 Å². The minimum Gasteiger partial charge on any atom is -0.352 e. The van der Waals surface area contributed by atoms with Crippen LogP contribution in [0.3, 0.4) is 0 Å². The van der Waals surface area contributed by atoms with Crippen LogP contribution in [0.25, 0.3) is 0 Å². The summed E-state index contributed by atoms with van der Waals surface area (Å²) in [6.07, 6.45) is 3.11. The molecule has 2 aromatic carbocycles. The Morgan fingerprint density at radius 2 is 1.82 bits per heavy atom. The van der Waals surface area contributed by atoms with Crippen molar-refractivity contribution in [2.24, 2.45) is 11.3 Å². The van der Waals surface area contributed by atoms with Gasteiger partial charge in [0.25, 0.3) is 0 Å². The quantitative estimate of drug-likeness (QED) is 0.314. The first-order valence-corrected chi connectivity index (χ1v) is 14.9. The van der Waals surface area contributed by atoms with E-state index in [9.17, 15) is 14.4 Å². The van der Waals surface area contributed by atoms with Crippen molar-refractivity contribution in [3.8, 4) is 0 Å². The summed E-state index contributed by atoms with van der Waals surface area (Å²) in [7, 11) is 0. The number of fused-ring (bicyclic) bond motifs is 2. The number of hydrogen-bond acceptors (Lipinski definition) is 4. The van der Waals surface area contributed by atoms with Gasteiger partial charge < -0.3 is 16.0 Å². The molecule has 2 aromatic rings. The zero-order valence-corrected chi connectivity index (χ0v) is 25.1. The number of carbonyl (C=O) groups excluding carboxylic acids is 3. The summed E-state index contributed by atoms with van der Waals surface area (Å²) in [6, 6.07) is 8.38. The fourth-order valence-electron chi connectivity index (χ4n) is 6.93. The Bertz CT molecular complexity index is 1360. The Balaban J connectivity index is 1.62. The average molecular weight is 607 g/mol. The monoisotopic (exact) mass is 605 g/mol. The number of anilines is 1. The van der Waals surface area contributed by atoms with Crippen LogP contribution in [0.15, 0.2) is 36.4 Å². The maximum atomic E-state index is 15.9. The van der Waals surface area contributed by atoms with E-state index in [0.717, 1.165) is 0 Å². The van der Waals surface area contributed by atoms with Crippen molar-refractivity contribution in [2.45, 2.75) is 82.3 Å². The fourth-order valence-corrected chi connectivity index (χ4v) is 7.54. The second-order valence-electron chi connectivity index (χ2n) is 12.5. The van der Waals surface area contributed by atoms with E-state index < -0.39 is 29.2 Å². The zero-order valence-electron chi connectivity index (χ0n) is 22.7. The van der Waals surface area contributed by atoms with Crippen molar-refractivity contribution in [3.05, 3.63) is 63.4 Å². The van der Waals surface area contributed by atoms with Crippen molar-refractivity contribution in [1.82, 2.24) is 10.6 Å². The molecule has 5 rings (SSSR count). The molecule has 2 fully saturated rings. The van der Waals surface area contributed by atoms with Gasteiger partial charge in [-0.25, -0.2) is 4.39 Å². The second-order valence-corrected chi connectivity index (χ2v) is 13.8. The van der Waals surface area contributed by atoms with Gasteiger partial charge in [-0.05, 0) is 66.8 Å². The summed E-state index contributed by atoms with van der Waals surface area (Å²) in [5.74, 6) is -2.27. The number of carbonyl (C=O) groups is 3. The molecule has 1 saturated carbocycles. The van der Waals surface area contributed by atoms with Crippen LogP contribution in [0.2, 0.25) is 10.0 Å². The minimum absolute atomic E-state index is 0.0736. The standard InChI is InChI=1S/C30H34Cl2FN3O3S/c1-29(2,3)14-22-30(19-12-9-16(31)13-21(19)35-28(30)39)23(18-5-4-6-20(32)24(18)33)25(36-22)26(37)34-17-10-7-15(8-11-17)27(38)40/h4-6,9,12-13,15,17,22-23,25,36H,7-8,10-11,14H2,1-3H3,(H,34,37)(H,35,39)(H,38,40)/t15?,17?,22-,23-,25+,30+/m0/s1. The summed E-state index contributed by atoms with van der Waals surface area (Å²) in [6.45, 7) is 6.21. The molecule has 0 aromatic heterocycles. The molecule has 2 heterocycles. The number of thiol groups is 1. The van der Waals surface area contributed by atoms with Gasteiger partial charge in [0, 0.05) is 34.6 Å². The highest BCUT2D eigenvalue weighted by Gasteiger charge is 2.66. The largest absolute Gasteiger partial charge is 0.352 e. The molecule has 0 unspecified atom stereocenters. The molecule has 10 heteroatoms. The molecule has 6 nitrogen and oxygen atoms in total. The molecule has 3 aliphatic rings. The molecule has 1 aliphatic carbocycles. The van der Waals surface area contributed by atoms with E-state index in [4.69, 9.17) is 23.2 Å². The van der Waals surface area contributed by atoms with Gasteiger partial charge >= 0.3 is 0 Å². The van der Waals surface area contributed by atoms with Crippen LogP contribution < -0.4 is 16.0 Å². The summed E-state index contributed by atoms with van der Waals surface area (Å²) < 4.78 is 15.9. The highest BCUT2D eigenvalue weighted by Crippen LogP contribution is 2.57. The summed E-state index contributed by atoms with van der Waals surface area (Å²) in [4.78, 5) is 40.0. The second kappa shape index (κ2) is 10.9. The third-order valence-corrected chi connectivity index (χ3v) is 9.54.